The third kappa shape index (κ3) is 5.71. The molecule has 2 N–H and O–H groups in total. The van der Waals surface area contributed by atoms with Crippen molar-refractivity contribution in [2.75, 3.05) is 19.6 Å². The number of amides is 1. The van der Waals surface area contributed by atoms with Crippen LogP contribution in [0.4, 0.5) is 0 Å². The Morgan fingerprint density at radius 1 is 1.19 bits per heavy atom. The molecule has 5 nitrogen and oxygen atoms in total. The van der Waals surface area contributed by atoms with Gasteiger partial charge in [0.2, 0.25) is 5.91 Å². The second kappa shape index (κ2) is 10.1. The van der Waals surface area contributed by atoms with E-state index in [-0.39, 0.29) is 5.92 Å². The predicted octanol–water partition coefficient (Wildman–Crippen LogP) is 3.55. The number of likely N-dealkylation sites (tertiary alicyclic amines) is 1. The molecule has 1 aliphatic heterocycles. The van der Waals surface area contributed by atoms with Crippen LogP contribution in [0.15, 0.2) is 17.1 Å². The first-order valence-corrected chi connectivity index (χ1v) is 11.4. The predicted molar refractivity (Wildman–Crippen MR) is 113 cm³/mol. The smallest absolute Gasteiger partial charge is 0.225 e. The largest absolute Gasteiger partial charge is 0.357 e. The van der Waals surface area contributed by atoms with Crippen molar-refractivity contribution in [2.45, 2.75) is 71.4 Å². The molecule has 2 fully saturated rings. The average molecular weight is 391 g/mol. The van der Waals surface area contributed by atoms with Gasteiger partial charge in [0.1, 0.15) is 0 Å². The molecule has 1 aliphatic carbocycles. The van der Waals surface area contributed by atoms with Gasteiger partial charge >= 0.3 is 0 Å². The third-order valence-corrected chi connectivity index (χ3v) is 6.81. The zero-order chi connectivity index (χ0) is 19.1. The molecule has 1 aromatic rings. The fourth-order valence-corrected chi connectivity index (χ4v) is 4.94. The topological polar surface area (TPSA) is 56.7 Å². The Hall–Kier alpha value is -1.56. The molecule has 6 heteroatoms. The van der Waals surface area contributed by atoms with Crippen LogP contribution in [-0.2, 0) is 17.8 Å². The molecule has 0 aromatic carbocycles. The lowest BCUT2D eigenvalue weighted by Crippen LogP contribution is -2.45. The number of hydrogen-bond acceptors (Lipinski definition) is 3. The number of carbonyl (C=O) groups excluding carboxylic acids is 1. The highest BCUT2D eigenvalue weighted by Gasteiger charge is 2.31. The van der Waals surface area contributed by atoms with Crippen molar-refractivity contribution in [1.29, 1.82) is 0 Å². The zero-order valence-electron chi connectivity index (χ0n) is 16.8. The monoisotopic (exact) mass is 390 g/mol. The molecule has 1 saturated heterocycles. The highest BCUT2D eigenvalue weighted by molar-refractivity contribution is 7.11. The van der Waals surface area contributed by atoms with E-state index in [1.54, 1.807) is 0 Å². The van der Waals surface area contributed by atoms with Gasteiger partial charge in [-0.25, -0.2) is 4.99 Å². The van der Waals surface area contributed by atoms with Gasteiger partial charge in [-0.2, -0.15) is 0 Å². The van der Waals surface area contributed by atoms with Crippen molar-refractivity contribution >= 4 is 23.2 Å². The molecule has 1 unspecified atom stereocenters. The van der Waals surface area contributed by atoms with Crippen LogP contribution in [0.3, 0.4) is 0 Å². The molecule has 2 aliphatic rings. The van der Waals surface area contributed by atoms with Crippen LogP contribution in [0.5, 0.6) is 0 Å². The molecule has 150 valence electrons. The molecule has 0 bridgehead atoms. The van der Waals surface area contributed by atoms with Gasteiger partial charge in [0, 0.05) is 41.3 Å². The van der Waals surface area contributed by atoms with Crippen molar-refractivity contribution in [3.63, 3.8) is 0 Å². The highest BCUT2D eigenvalue weighted by Crippen LogP contribution is 2.26. The SMILES string of the molecule is CCNC(=NCc1ccc(CC)s1)NC1CCN(C(=O)C2CCCCC2)C1. The first-order valence-electron chi connectivity index (χ1n) is 10.6. The first-order chi connectivity index (χ1) is 13.2. The average Bonchev–Trinajstić information content (AvgIpc) is 3.36. The second-order valence-electron chi connectivity index (χ2n) is 7.67. The molecule has 1 aromatic heterocycles. The lowest BCUT2D eigenvalue weighted by molar-refractivity contribution is -0.135. The number of thiophene rings is 1. The van der Waals surface area contributed by atoms with E-state index in [2.05, 4.69) is 41.5 Å². The minimum absolute atomic E-state index is 0.269. The highest BCUT2D eigenvalue weighted by atomic mass is 32.1. The normalized spacial score (nSPS) is 21.5. The van der Waals surface area contributed by atoms with Gasteiger partial charge in [-0.05, 0) is 44.7 Å². The number of guanidine groups is 1. The van der Waals surface area contributed by atoms with Crippen molar-refractivity contribution in [1.82, 2.24) is 15.5 Å². The lowest BCUT2D eigenvalue weighted by atomic mass is 9.88. The summed E-state index contributed by atoms with van der Waals surface area (Å²) < 4.78 is 0. The zero-order valence-corrected chi connectivity index (χ0v) is 17.6. The van der Waals surface area contributed by atoms with Crippen molar-refractivity contribution < 1.29 is 4.79 Å². The van der Waals surface area contributed by atoms with E-state index in [1.807, 2.05) is 11.3 Å². The van der Waals surface area contributed by atoms with Gasteiger partial charge in [0.25, 0.3) is 0 Å². The van der Waals surface area contributed by atoms with Crippen LogP contribution in [-0.4, -0.2) is 42.4 Å². The Bertz CT molecular complexity index is 636. The summed E-state index contributed by atoms with van der Waals surface area (Å²) in [6.45, 7) is 7.50. The number of carbonyl (C=O) groups is 1. The van der Waals surface area contributed by atoms with Crippen molar-refractivity contribution in [3.05, 3.63) is 21.9 Å². The molecule has 2 heterocycles. The molecule has 1 atom stereocenters. The number of hydrogen-bond donors (Lipinski definition) is 2. The van der Waals surface area contributed by atoms with Crippen LogP contribution in [0.2, 0.25) is 0 Å². The molecule has 0 radical (unpaired) electrons. The fraction of sp³-hybridized carbons (Fsp3) is 0.714. The maximum atomic E-state index is 12.8. The summed E-state index contributed by atoms with van der Waals surface area (Å²) in [5.41, 5.74) is 0. The Labute approximate surface area is 167 Å². The minimum atomic E-state index is 0.269. The van der Waals surface area contributed by atoms with E-state index in [4.69, 9.17) is 4.99 Å². The molecule has 27 heavy (non-hydrogen) atoms. The summed E-state index contributed by atoms with van der Waals surface area (Å²) in [6.07, 6.45) is 7.97. The second-order valence-corrected chi connectivity index (χ2v) is 8.92. The van der Waals surface area contributed by atoms with Crippen molar-refractivity contribution in [3.8, 4) is 0 Å². The van der Waals surface area contributed by atoms with Crippen LogP contribution in [0.25, 0.3) is 0 Å². The summed E-state index contributed by atoms with van der Waals surface area (Å²) in [4.78, 5) is 22.3. The van der Waals surface area contributed by atoms with E-state index in [9.17, 15) is 4.79 Å². The molecule has 0 spiro atoms. The Morgan fingerprint density at radius 3 is 2.67 bits per heavy atom. The quantitative estimate of drug-likeness (QED) is 0.577. The Balaban J connectivity index is 1.52. The fourth-order valence-electron chi connectivity index (χ4n) is 4.05. The number of rotatable bonds is 6. The van der Waals surface area contributed by atoms with E-state index in [0.717, 1.165) is 51.3 Å². The van der Waals surface area contributed by atoms with Gasteiger partial charge in [-0.1, -0.05) is 26.2 Å². The van der Waals surface area contributed by atoms with E-state index >= 15 is 0 Å². The van der Waals surface area contributed by atoms with Gasteiger partial charge in [0.15, 0.2) is 5.96 Å². The van der Waals surface area contributed by atoms with Gasteiger partial charge in [0.05, 0.1) is 6.54 Å². The van der Waals surface area contributed by atoms with Crippen LogP contribution in [0, 0.1) is 5.92 Å². The van der Waals surface area contributed by atoms with Crippen LogP contribution in [0.1, 0.15) is 62.1 Å². The Kier molecular flexibility index (Phi) is 7.56. The molecule has 3 rings (SSSR count). The minimum Gasteiger partial charge on any atom is -0.357 e. The van der Waals surface area contributed by atoms with Crippen LogP contribution < -0.4 is 10.6 Å². The summed E-state index contributed by atoms with van der Waals surface area (Å²) in [5, 5.41) is 6.89. The lowest BCUT2D eigenvalue weighted by Gasteiger charge is -2.26. The molecule has 1 saturated carbocycles. The summed E-state index contributed by atoms with van der Waals surface area (Å²) in [6, 6.07) is 4.67. The Morgan fingerprint density at radius 2 is 1.96 bits per heavy atom. The van der Waals surface area contributed by atoms with Gasteiger partial charge < -0.3 is 15.5 Å². The number of nitrogens with one attached hydrogen (secondary N) is 2. The van der Waals surface area contributed by atoms with E-state index < -0.39 is 0 Å². The van der Waals surface area contributed by atoms with Crippen LogP contribution >= 0.6 is 11.3 Å². The van der Waals surface area contributed by atoms with Gasteiger partial charge in [-0.3, -0.25) is 4.79 Å². The third-order valence-electron chi connectivity index (χ3n) is 5.60. The summed E-state index contributed by atoms with van der Waals surface area (Å²) >= 11 is 1.84. The van der Waals surface area contributed by atoms with Gasteiger partial charge in [-0.15, -0.1) is 11.3 Å². The van der Waals surface area contributed by atoms with E-state index in [0.29, 0.717) is 18.5 Å². The summed E-state index contributed by atoms with van der Waals surface area (Å²) in [5.74, 6) is 1.51. The number of aliphatic imine (C=N–C) groups is 1. The maximum Gasteiger partial charge on any atom is 0.225 e. The maximum absolute atomic E-state index is 12.8. The van der Waals surface area contributed by atoms with E-state index in [1.165, 1.54) is 29.0 Å². The summed E-state index contributed by atoms with van der Waals surface area (Å²) in [7, 11) is 0. The number of aryl methyl sites for hydroxylation is 1. The molecular weight excluding hydrogens is 356 g/mol. The molecule has 1 amide bonds. The first kappa shape index (κ1) is 20.2. The molecular formula is C21H34N4OS. The van der Waals surface area contributed by atoms with Crippen molar-refractivity contribution in [2.24, 2.45) is 10.9 Å². The standard InChI is InChI=1S/C21H34N4OS/c1-3-18-10-11-19(27-18)14-23-21(22-4-2)24-17-12-13-25(15-17)20(26)16-8-6-5-7-9-16/h10-11,16-17H,3-9,12-15H2,1-2H3,(H2,22,23,24). The number of nitrogens with zero attached hydrogens (tertiary/aromatic N) is 2.